The molecule has 4 rings (SSSR count). The van der Waals surface area contributed by atoms with Gasteiger partial charge in [-0.2, -0.15) is 5.10 Å². The second-order valence-corrected chi connectivity index (χ2v) is 8.41. The Kier molecular flexibility index (Phi) is 6.46. The number of ether oxygens (including phenoxy) is 1. The molecular weight excluding hydrogens is 402 g/mol. The molecule has 1 aromatic heterocycles. The van der Waals surface area contributed by atoms with Crippen molar-refractivity contribution in [2.75, 3.05) is 31.2 Å². The van der Waals surface area contributed by atoms with Gasteiger partial charge in [-0.1, -0.05) is 24.3 Å². The molecule has 0 saturated carbocycles. The summed E-state index contributed by atoms with van der Waals surface area (Å²) in [5.74, 6) is 1.20. The number of hydrogen-bond donors (Lipinski definition) is 2. The molecule has 2 aromatic carbocycles. The van der Waals surface area contributed by atoms with E-state index in [0.29, 0.717) is 22.9 Å². The highest BCUT2D eigenvalue weighted by molar-refractivity contribution is 6.05. The van der Waals surface area contributed by atoms with E-state index in [9.17, 15) is 4.79 Å². The molecule has 0 radical (unpaired) electrons. The van der Waals surface area contributed by atoms with E-state index >= 15 is 0 Å². The third-order valence-corrected chi connectivity index (χ3v) is 6.30. The summed E-state index contributed by atoms with van der Waals surface area (Å²) in [4.78, 5) is 15.0. The van der Waals surface area contributed by atoms with Crippen LogP contribution < -0.4 is 15.8 Å². The number of hydrogen-bond acceptors (Lipinski definition) is 5. The van der Waals surface area contributed by atoms with E-state index in [1.807, 2.05) is 38.2 Å². The van der Waals surface area contributed by atoms with Crippen LogP contribution in [0.1, 0.15) is 45.9 Å². The van der Waals surface area contributed by atoms with Crippen LogP contribution in [0.25, 0.3) is 0 Å². The summed E-state index contributed by atoms with van der Waals surface area (Å²) in [7, 11) is 3.62. The summed E-state index contributed by atoms with van der Waals surface area (Å²) in [6, 6.07) is 15.2. The van der Waals surface area contributed by atoms with Crippen molar-refractivity contribution < 1.29 is 9.53 Å². The average molecular weight is 434 g/mol. The number of rotatable bonds is 6. The molecule has 7 heteroatoms. The highest BCUT2D eigenvalue weighted by Crippen LogP contribution is 2.31. The van der Waals surface area contributed by atoms with Crippen molar-refractivity contribution in [3.63, 3.8) is 0 Å². The normalized spacial score (nSPS) is 15.0. The Morgan fingerprint density at radius 1 is 1.16 bits per heavy atom. The number of aromatic nitrogens is 2. The van der Waals surface area contributed by atoms with Gasteiger partial charge >= 0.3 is 0 Å². The fourth-order valence-corrected chi connectivity index (χ4v) is 4.48. The van der Waals surface area contributed by atoms with E-state index in [0.717, 1.165) is 44.0 Å². The van der Waals surface area contributed by atoms with E-state index in [1.54, 1.807) is 23.9 Å². The Balaban J connectivity index is 1.34. The van der Waals surface area contributed by atoms with Gasteiger partial charge in [-0.25, -0.2) is 4.68 Å². The number of aryl methyl sites for hydroxylation is 2. The number of amides is 1. The minimum atomic E-state index is -0.148. The fourth-order valence-electron chi connectivity index (χ4n) is 4.48. The number of benzene rings is 2. The van der Waals surface area contributed by atoms with Crippen molar-refractivity contribution in [3.05, 3.63) is 70.9 Å². The first kappa shape index (κ1) is 21.9. The zero-order chi connectivity index (χ0) is 22.7. The second-order valence-electron chi connectivity index (χ2n) is 8.41. The standard InChI is InChI=1S/C25H31N5O2/c1-17-21(25(32-3)29(2)28-17)16-30-14-12-19(13-15-30)18-8-10-20(11-9-18)24(31)27-23-7-5-4-6-22(23)26/h4-11,19H,12-16,26H2,1-3H3,(H,27,31). The highest BCUT2D eigenvalue weighted by Gasteiger charge is 2.24. The van der Waals surface area contributed by atoms with Gasteiger partial charge in [0.05, 0.1) is 29.7 Å². The molecule has 1 aliphatic heterocycles. The first-order valence-corrected chi connectivity index (χ1v) is 11.0. The third-order valence-electron chi connectivity index (χ3n) is 6.30. The minimum absolute atomic E-state index is 0.148. The van der Waals surface area contributed by atoms with Crippen LogP contribution in [0.2, 0.25) is 0 Å². The molecule has 0 bridgehead atoms. The van der Waals surface area contributed by atoms with E-state index in [-0.39, 0.29) is 5.91 Å². The molecule has 1 fully saturated rings. The number of anilines is 2. The summed E-state index contributed by atoms with van der Waals surface area (Å²) in [5, 5.41) is 7.37. The summed E-state index contributed by atoms with van der Waals surface area (Å²) in [6.07, 6.45) is 2.18. The van der Waals surface area contributed by atoms with Crippen LogP contribution >= 0.6 is 0 Å². The number of nitrogens with one attached hydrogen (secondary N) is 1. The number of nitrogens with two attached hydrogens (primary N) is 1. The van der Waals surface area contributed by atoms with Crippen molar-refractivity contribution in [1.82, 2.24) is 14.7 Å². The lowest BCUT2D eigenvalue weighted by atomic mass is 9.89. The van der Waals surface area contributed by atoms with Crippen molar-refractivity contribution in [1.29, 1.82) is 0 Å². The highest BCUT2D eigenvalue weighted by atomic mass is 16.5. The van der Waals surface area contributed by atoms with Gasteiger partial charge in [0.2, 0.25) is 5.88 Å². The fraction of sp³-hybridized carbons (Fsp3) is 0.360. The van der Waals surface area contributed by atoms with Gasteiger partial charge in [-0.15, -0.1) is 0 Å². The number of likely N-dealkylation sites (tertiary alicyclic amines) is 1. The second kappa shape index (κ2) is 9.44. The molecule has 0 atom stereocenters. The van der Waals surface area contributed by atoms with Crippen LogP contribution in [0, 0.1) is 6.92 Å². The molecular formula is C25H31N5O2. The van der Waals surface area contributed by atoms with Gasteiger partial charge < -0.3 is 15.8 Å². The molecule has 0 spiro atoms. The molecule has 32 heavy (non-hydrogen) atoms. The maximum atomic E-state index is 12.6. The van der Waals surface area contributed by atoms with Crippen LogP contribution in [0.5, 0.6) is 5.88 Å². The summed E-state index contributed by atoms with van der Waals surface area (Å²) < 4.78 is 7.34. The van der Waals surface area contributed by atoms with Crippen molar-refractivity contribution in [2.24, 2.45) is 7.05 Å². The van der Waals surface area contributed by atoms with Crippen LogP contribution in [-0.2, 0) is 13.6 Å². The van der Waals surface area contributed by atoms with Gasteiger partial charge in [0.25, 0.3) is 5.91 Å². The maximum Gasteiger partial charge on any atom is 0.255 e. The molecule has 2 heterocycles. The first-order chi connectivity index (χ1) is 15.5. The Labute approximate surface area is 189 Å². The minimum Gasteiger partial charge on any atom is -0.481 e. The van der Waals surface area contributed by atoms with E-state index in [2.05, 4.69) is 27.4 Å². The molecule has 1 saturated heterocycles. The molecule has 0 unspecified atom stereocenters. The molecule has 7 nitrogen and oxygen atoms in total. The maximum absolute atomic E-state index is 12.6. The number of carbonyl (C=O) groups is 1. The monoisotopic (exact) mass is 433 g/mol. The van der Waals surface area contributed by atoms with Gasteiger partial charge in [-0.3, -0.25) is 9.69 Å². The third kappa shape index (κ3) is 4.62. The Bertz CT molecular complexity index is 1080. The van der Waals surface area contributed by atoms with E-state index < -0.39 is 0 Å². The van der Waals surface area contributed by atoms with Crippen LogP contribution in [-0.4, -0.2) is 40.8 Å². The zero-order valence-corrected chi connectivity index (χ0v) is 19.0. The average Bonchev–Trinajstić information content (AvgIpc) is 3.07. The van der Waals surface area contributed by atoms with Gasteiger partial charge in [0.15, 0.2) is 0 Å². The molecule has 1 amide bonds. The Hall–Kier alpha value is -3.32. The number of nitrogens with zero attached hydrogens (tertiary/aromatic N) is 3. The predicted octanol–water partition coefficient (Wildman–Crippen LogP) is 3.95. The predicted molar refractivity (Wildman–Crippen MR) is 127 cm³/mol. The van der Waals surface area contributed by atoms with E-state index in [4.69, 9.17) is 10.5 Å². The topological polar surface area (TPSA) is 85.4 Å². The lowest BCUT2D eigenvalue weighted by Gasteiger charge is -2.32. The lowest BCUT2D eigenvalue weighted by molar-refractivity contribution is 0.102. The summed E-state index contributed by atoms with van der Waals surface area (Å²) in [5.41, 5.74) is 11.2. The number of para-hydroxylation sites is 2. The van der Waals surface area contributed by atoms with Gasteiger partial charge in [-0.05, 0) is 68.6 Å². The van der Waals surface area contributed by atoms with Crippen LogP contribution in [0.3, 0.4) is 0 Å². The Morgan fingerprint density at radius 2 is 1.84 bits per heavy atom. The van der Waals surface area contributed by atoms with Gasteiger partial charge in [0.1, 0.15) is 0 Å². The summed E-state index contributed by atoms with van der Waals surface area (Å²) >= 11 is 0. The van der Waals surface area contributed by atoms with Crippen LogP contribution in [0.4, 0.5) is 11.4 Å². The SMILES string of the molecule is COc1c(CN2CCC(c3ccc(C(=O)Nc4ccccc4N)cc3)CC2)c(C)nn1C. The molecule has 168 valence electrons. The quantitative estimate of drug-likeness (QED) is 0.575. The van der Waals surface area contributed by atoms with Crippen molar-refractivity contribution >= 4 is 17.3 Å². The van der Waals surface area contributed by atoms with Gasteiger partial charge in [0, 0.05) is 19.2 Å². The number of piperidine rings is 1. The summed E-state index contributed by atoms with van der Waals surface area (Å²) in [6.45, 7) is 4.95. The van der Waals surface area contributed by atoms with E-state index in [1.165, 1.54) is 11.1 Å². The Morgan fingerprint density at radius 3 is 2.50 bits per heavy atom. The molecule has 1 aliphatic rings. The van der Waals surface area contributed by atoms with Crippen molar-refractivity contribution in [2.45, 2.75) is 32.2 Å². The van der Waals surface area contributed by atoms with Crippen molar-refractivity contribution in [3.8, 4) is 5.88 Å². The van der Waals surface area contributed by atoms with Crippen LogP contribution in [0.15, 0.2) is 48.5 Å². The largest absolute Gasteiger partial charge is 0.481 e. The molecule has 3 aromatic rings. The zero-order valence-electron chi connectivity index (χ0n) is 19.0. The number of methoxy groups -OCH3 is 1. The smallest absolute Gasteiger partial charge is 0.255 e. The molecule has 3 N–H and O–H groups in total. The number of carbonyl (C=O) groups excluding carboxylic acids is 1. The number of nitrogen functional groups attached to an aromatic ring is 1. The first-order valence-electron chi connectivity index (χ1n) is 11.0. The lowest BCUT2D eigenvalue weighted by Crippen LogP contribution is -2.32. The molecule has 0 aliphatic carbocycles.